The summed E-state index contributed by atoms with van der Waals surface area (Å²) in [5.74, 6) is -0.254. The Hall–Kier alpha value is -1.10. The first-order valence-corrected chi connectivity index (χ1v) is 5.81. The number of rotatable bonds is 6. The van der Waals surface area contributed by atoms with E-state index in [1.807, 2.05) is 19.9 Å². The maximum absolute atomic E-state index is 5.42. The average molecular weight is 254 g/mol. The van der Waals surface area contributed by atoms with E-state index in [-0.39, 0.29) is 0 Å². The van der Waals surface area contributed by atoms with E-state index in [0.717, 1.165) is 22.4 Å². The third kappa shape index (κ3) is 3.02. The minimum Gasteiger partial charge on any atom is -0.496 e. The lowest BCUT2D eigenvalue weighted by atomic mass is 10.0. The fourth-order valence-electron chi connectivity index (χ4n) is 2.05. The van der Waals surface area contributed by atoms with Gasteiger partial charge in [-0.25, -0.2) is 0 Å². The SMILES string of the molecule is COc1cc(C)cc(C)c1CC(OC)(OC)OC. The van der Waals surface area contributed by atoms with E-state index in [1.165, 1.54) is 0 Å². The maximum atomic E-state index is 5.42. The third-order valence-corrected chi connectivity index (χ3v) is 3.12. The van der Waals surface area contributed by atoms with Crippen molar-refractivity contribution in [1.29, 1.82) is 0 Å². The second-order valence-corrected chi connectivity index (χ2v) is 4.23. The van der Waals surface area contributed by atoms with E-state index >= 15 is 0 Å². The molecule has 1 aromatic carbocycles. The highest BCUT2D eigenvalue weighted by Crippen LogP contribution is 2.30. The quantitative estimate of drug-likeness (QED) is 0.731. The van der Waals surface area contributed by atoms with Crippen LogP contribution in [-0.4, -0.2) is 34.4 Å². The zero-order chi connectivity index (χ0) is 13.8. The van der Waals surface area contributed by atoms with Crippen LogP contribution in [-0.2, 0) is 20.6 Å². The molecule has 4 heteroatoms. The second kappa shape index (κ2) is 6.18. The molecular weight excluding hydrogens is 232 g/mol. The number of hydrogen-bond donors (Lipinski definition) is 0. The second-order valence-electron chi connectivity index (χ2n) is 4.23. The van der Waals surface area contributed by atoms with Gasteiger partial charge in [0.05, 0.1) is 13.5 Å². The average Bonchev–Trinajstić information content (AvgIpc) is 2.38. The van der Waals surface area contributed by atoms with Crippen molar-refractivity contribution in [3.05, 3.63) is 28.8 Å². The van der Waals surface area contributed by atoms with Crippen LogP contribution in [0.4, 0.5) is 0 Å². The zero-order valence-corrected chi connectivity index (χ0v) is 12.0. The fraction of sp³-hybridized carbons (Fsp3) is 0.571. The summed E-state index contributed by atoms with van der Waals surface area (Å²) in [5.41, 5.74) is 3.31. The van der Waals surface area contributed by atoms with E-state index < -0.39 is 5.97 Å². The molecule has 0 aliphatic heterocycles. The molecule has 0 heterocycles. The van der Waals surface area contributed by atoms with Crippen LogP contribution >= 0.6 is 0 Å². The molecule has 0 aliphatic carbocycles. The Bertz CT molecular complexity index is 389. The van der Waals surface area contributed by atoms with Gasteiger partial charge in [0, 0.05) is 26.9 Å². The van der Waals surface area contributed by atoms with Gasteiger partial charge < -0.3 is 18.9 Å². The molecule has 0 aliphatic rings. The van der Waals surface area contributed by atoms with E-state index in [1.54, 1.807) is 28.4 Å². The zero-order valence-electron chi connectivity index (χ0n) is 12.0. The van der Waals surface area contributed by atoms with E-state index in [2.05, 4.69) is 6.07 Å². The van der Waals surface area contributed by atoms with Crippen LogP contribution in [0.2, 0.25) is 0 Å². The molecule has 0 saturated heterocycles. The molecule has 1 aromatic rings. The molecule has 18 heavy (non-hydrogen) atoms. The minimum atomic E-state index is -1.08. The Balaban J connectivity index is 3.17. The maximum Gasteiger partial charge on any atom is 0.286 e. The Kier molecular flexibility index (Phi) is 5.14. The van der Waals surface area contributed by atoms with Crippen molar-refractivity contribution in [2.45, 2.75) is 26.2 Å². The van der Waals surface area contributed by atoms with Gasteiger partial charge in [-0.15, -0.1) is 0 Å². The summed E-state index contributed by atoms with van der Waals surface area (Å²) in [7, 11) is 6.33. The van der Waals surface area contributed by atoms with E-state index in [0.29, 0.717) is 6.42 Å². The molecule has 0 saturated carbocycles. The van der Waals surface area contributed by atoms with Gasteiger partial charge >= 0.3 is 0 Å². The molecule has 0 spiro atoms. The first-order valence-electron chi connectivity index (χ1n) is 5.81. The monoisotopic (exact) mass is 254 g/mol. The van der Waals surface area contributed by atoms with Crippen molar-refractivity contribution >= 4 is 0 Å². The van der Waals surface area contributed by atoms with Crippen LogP contribution in [0.3, 0.4) is 0 Å². The van der Waals surface area contributed by atoms with Gasteiger partial charge in [0.1, 0.15) is 5.75 Å². The molecule has 1 rings (SSSR count). The number of aryl methyl sites for hydroxylation is 2. The number of methoxy groups -OCH3 is 4. The van der Waals surface area contributed by atoms with E-state index in [4.69, 9.17) is 18.9 Å². The molecule has 0 radical (unpaired) electrons. The van der Waals surface area contributed by atoms with Crippen molar-refractivity contribution in [2.24, 2.45) is 0 Å². The summed E-state index contributed by atoms with van der Waals surface area (Å²) in [6.45, 7) is 4.08. The standard InChI is InChI=1S/C14H22O4/c1-10-7-11(2)12(13(8-10)15-3)9-14(16-4,17-5)18-6/h7-8H,9H2,1-6H3. The van der Waals surface area contributed by atoms with Gasteiger partial charge in [0.25, 0.3) is 5.97 Å². The number of hydrogen-bond acceptors (Lipinski definition) is 4. The molecular formula is C14H22O4. The Labute approximate surface area is 109 Å². The summed E-state index contributed by atoms with van der Waals surface area (Å²) in [6, 6.07) is 4.09. The predicted molar refractivity (Wildman–Crippen MR) is 69.9 cm³/mol. The highest BCUT2D eigenvalue weighted by molar-refractivity contribution is 5.43. The van der Waals surface area contributed by atoms with Crippen LogP contribution in [0.5, 0.6) is 5.75 Å². The summed E-state index contributed by atoms with van der Waals surface area (Å²) < 4.78 is 21.4. The predicted octanol–water partition coefficient (Wildman–Crippen LogP) is 2.45. The van der Waals surface area contributed by atoms with Gasteiger partial charge in [0.2, 0.25) is 0 Å². The molecule has 0 N–H and O–H groups in total. The fourth-order valence-corrected chi connectivity index (χ4v) is 2.05. The van der Waals surface area contributed by atoms with E-state index in [9.17, 15) is 0 Å². The molecule has 0 fully saturated rings. The highest BCUT2D eigenvalue weighted by atomic mass is 16.9. The highest BCUT2D eigenvalue weighted by Gasteiger charge is 2.32. The largest absolute Gasteiger partial charge is 0.496 e. The third-order valence-electron chi connectivity index (χ3n) is 3.12. The Morgan fingerprint density at radius 3 is 1.94 bits per heavy atom. The van der Waals surface area contributed by atoms with Crippen molar-refractivity contribution in [3.8, 4) is 5.75 Å². The molecule has 0 unspecified atom stereocenters. The van der Waals surface area contributed by atoms with Gasteiger partial charge in [-0.3, -0.25) is 0 Å². The number of ether oxygens (including phenoxy) is 4. The van der Waals surface area contributed by atoms with Crippen molar-refractivity contribution in [3.63, 3.8) is 0 Å². The Morgan fingerprint density at radius 2 is 1.50 bits per heavy atom. The normalized spacial score (nSPS) is 11.7. The summed E-state index contributed by atoms with van der Waals surface area (Å²) >= 11 is 0. The lowest BCUT2D eigenvalue weighted by Crippen LogP contribution is -2.38. The van der Waals surface area contributed by atoms with Crippen LogP contribution in [0, 0.1) is 13.8 Å². The van der Waals surface area contributed by atoms with Crippen LogP contribution in [0.1, 0.15) is 16.7 Å². The number of benzene rings is 1. The van der Waals surface area contributed by atoms with Crippen molar-refractivity contribution in [2.75, 3.05) is 28.4 Å². The smallest absolute Gasteiger partial charge is 0.286 e. The minimum absolute atomic E-state index is 0.464. The van der Waals surface area contributed by atoms with Gasteiger partial charge in [-0.2, -0.15) is 0 Å². The topological polar surface area (TPSA) is 36.9 Å². The molecule has 0 bridgehead atoms. The summed E-state index contributed by atoms with van der Waals surface area (Å²) in [5, 5.41) is 0. The van der Waals surface area contributed by atoms with Gasteiger partial charge in [-0.05, 0) is 31.0 Å². The van der Waals surface area contributed by atoms with Crippen LogP contribution < -0.4 is 4.74 Å². The lowest BCUT2D eigenvalue weighted by molar-refractivity contribution is -0.351. The molecule has 102 valence electrons. The first-order chi connectivity index (χ1) is 8.51. The Morgan fingerprint density at radius 1 is 0.944 bits per heavy atom. The van der Waals surface area contributed by atoms with Crippen LogP contribution in [0.25, 0.3) is 0 Å². The molecule has 0 amide bonds. The summed E-state index contributed by atoms with van der Waals surface area (Å²) in [4.78, 5) is 0. The van der Waals surface area contributed by atoms with Crippen LogP contribution in [0.15, 0.2) is 12.1 Å². The molecule has 0 aromatic heterocycles. The lowest BCUT2D eigenvalue weighted by Gasteiger charge is -2.30. The molecule has 4 nitrogen and oxygen atoms in total. The van der Waals surface area contributed by atoms with Gasteiger partial charge in [-0.1, -0.05) is 6.07 Å². The van der Waals surface area contributed by atoms with Gasteiger partial charge in [0.15, 0.2) is 0 Å². The first kappa shape index (κ1) is 15.0. The van der Waals surface area contributed by atoms with Crippen molar-refractivity contribution < 1.29 is 18.9 Å². The molecule has 0 atom stereocenters. The van der Waals surface area contributed by atoms with Crippen molar-refractivity contribution in [1.82, 2.24) is 0 Å². The summed E-state index contributed by atoms with van der Waals surface area (Å²) in [6.07, 6.45) is 0.464.